The largest absolute Gasteiger partial charge is 0.512 e. The standard InChI is InChI=1S/C22H34O3/c1-6-7-8-9-17-13-19(23)20(22(25,14-17)15(2)3)18-10-11-21(5,24)16(4)12-18/h12-14,18,20,23-25H,2,6-11H2,1,3-5H3/t18?,20-,21?,22?/m1/s1. The highest BCUT2D eigenvalue weighted by atomic mass is 16.3. The van der Waals surface area contributed by atoms with Crippen LogP contribution in [0.3, 0.4) is 0 Å². The summed E-state index contributed by atoms with van der Waals surface area (Å²) in [7, 11) is 0. The van der Waals surface area contributed by atoms with Crippen molar-refractivity contribution in [1.29, 1.82) is 0 Å². The number of hydrogen-bond donors (Lipinski definition) is 3. The van der Waals surface area contributed by atoms with Crippen LogP contribution in [0.5, 0.6) is 0 Å². The van der Waals surface area contributed by atoms with Crippen molar-refractivity contribution < 1.29 is 15.3 Å². The quantitative estimate of drug-likeness (QED) is 0.469. The molecule has 140 valence electrons. The van der Waals surface area contributed by atoms with Gasteiger partial charge in [0.1, 0.15) is 5.60 Å². The highest BCUT2D eigenvalue weighted by molar-refractivity contribution is 5.41. The smallest absolute Gasteiger partial charge is 0.114 e. The summed E-state index contributed by atoms with van der Waals surface area (Å²) in [5, 5.41) is 32.6. The summed E-state index contributed by atoms with van der Waals surface area (Å²) < 4.78 is 0. The first-order chi connectivity index (χ1) is 11.6. The summed E-state index contributed by atoms with van der Waals surface area (Å²) in [6, 6.07) is 0. The lowest BCUT2D eigenvalue weighted by Gasteiger charge is -2.44. The third kappa shape index (κ3) is 4.09. The van der Waals surface area contributed by atoms with Crippen LogP contribution in [0.1, 0.15) is 66.2 Å². The van der Waals surface area contributed by atoms with Crippen LogP contribution in [0.2, 0.25) is 0 Å². The lowest BCUT2D eigenvalue weighted by atomic mass is 9.65. The second kappa shape index (κ2) is 7.51. The number of aliphatic hydroxyl groups is 3. The molecule has 3 unspecified atom stereocenters. The Morgan fingerprint density at radius 2 is 2.00 bits per heavy atom. The number of hydrogen-bond acceptors (Lipinski definition) is 3. The van der Waals surface area contributed by atoms with E-state index in [2.05, 4.69) is 13.5 Å². The SMILES string of the molecule is C=C(C)C1(O)C=C(CCCCC)C=C(O)[C@H]1C1C=C(C)C(C)(O)CC1. The minimum absolute atomic E-state index is 0.0217. The first-order valence-corrected chi connectivity index (χ1v) is 9.53. The Hall–Kier alpha value is -1.32. The van der Waals surface area contributed by atoms with Crippen molar-refractivity contribution >= 4 is 0 Å². The van der Waals surface area contributed by atoms with Crippen molar-refractivity contribution in [3.05, 3.63) is 47.3 Å². The Balaban J connectivity index is 2.34. The zero-order chi connectivity index (χ0) is 18.8. The molecule has 0 aliphatic heterocycles. The van der Waals surface area contributed by atoms with Gasteiger partial charge in [-0.1, -0.05) is 32.4 Å². The van der Waals surface area contributed by atoms with E-state index in [4.69, 9.17) is 0 Å². The molecule has 0 heterocycles. The lowest BCUT2D eigenvalue weighted by molar-refractivity contribution is 0.0167. The van der Waals surface area contributed by atoms with Crippen LogP contribution in [0.25, 0.3) is 0 Å². The second-order valence-corrected chi connectivity index (χ2v) is 8.15. The highest BCUT2D eigenvalue weighted by Crippen LogP contribution is 2.46. The van der Waals surface area contributed by atoms with Gasteiger partial charge < -0.3 is 15.3 Å². The molecule has 4 atom stereocenters. The molecular formula is C22H34O3. The average molecular weight is 347 g/mol. The Labute approximate surface area is 152 Å². The zero-order valence-electron chi connectivity index (χ0n) is 16.2. The van der Waals surface area contributed by atoms with E-state index in [1.54, 1.807) is 0 Å². The van der Waals surface area contributed by atoms with E-state index >= 15 is 0 Å². The van der Waals surface area contributed by atoms with Gasteiger partial charge in [-0.25, -0.2) is 0 Å². The molecule has 0 aromatic rings. The Kier molecular flexibility index (Phi) is 6.01. The molecule has 2 aliphatic carbocycles. The van der Waals surface area contributed by atoms with E-state index in [1.165, 1.54) is 0 Å². The Morgan fingerprint density at radius 1 is 1.32 bits per heavy atom. The van der Waals surface area contributed by atoms with Gasteiger partial charge in [0.15, 0.2) is 0 Å². The fourth-order valence-electron chi connectivity index (χ4n) is 4.07. The van der Waals surface area contributed by atoms with E-state index in [1.807, 2.05) is 39.0 Å². The molecule has 0 aromatic carbocycles. The third-order valence-electron chi connectivity index (χ3n) is 5.99. The fraction of sp³-hybridized carbons (Fsp3) is 0.636. The molecule has 0 bridgehead atoms. The molecule has 25 heavy (non-hydrogen) atoms. The number of unbranched alkanes of at least 4 members (excludes halogenated alkanes) is 2. The summed E-state index contributed by atoms with van der Waals surface area (Å²) in [5.74, 6) is -0.229. The van der Waals surface area contributed by atoms with Gasteiger partial charge in [0.05, 0.1) is 17.3 Å². The van der Waals surface area contributed by atoms with Gasteiger partial charge in [-0.05, 0) is 81.2 Å². The molecule has 0 saturated carbocycles. The molecule has 0 amide bonds. The highest BCUT2D eigenvalue weighted by Gasteiger charge is 2.46. The molecule has 0 radical (unpaired) electrons. The van der Waals surface area contributed by atoms with E-state index in [9.17, 15) is 15.3 Å². The molecule has 0 saturated heterocycles. The van der Waals surface area contributed by atoms with Crippen LogP contribution >= 0.6 is 0 Å². The lowest BCUT2D eigenvalue weighted by Crippen LogP contribution is -2.45. The van der Waals surface area contributed by atoms with Crippen LogP contribution in [-0.4, -0.2) is 26.5 Å². The summed E-state index contributed by atoms with van der Waals surface area (Å²) >= 11 is 0. The molecule has 2 aliphatic rings. The number of allylic oxidation sites excluding steroid dienone is 3. The van der Waals surface area contributed by atoms with E-state index < -0.39 is 17.1 Å². The summed E-state index contributed by atoms with van der Waals surface area (Å²) in [6.07, 6.45) is 11.3. The number of aliphatic hydroxyl groups excluding tert-OH is 1. The van der Waals surface area contributed by atoms with Crippen LogP contribution in [0, 0.1) is 11.8 Å². The predicted octanol–water partition coefficient (Wildman–Crippen LogP) is 4.98. The second-order valence-electron chi connectivity index (χ2n) is 8.15. The van der Waals surface area contributed by atoms with Gasteiger partial charge in [0.2, 0.25) is 0 Å². The van der Waals surface area contributed by atoms with Crippen LogP contribution in [0.4, 0.5) is 0 Å². The maximum Gasteiger partial charge on any atom is 0.114 e. The molecule has 3 nitrogen and oxygen atoms in total. The van der Waals surface area contributed by atoms with Crippen LogP contribution in [-0.2, 0) is 0 Å². The third-order valence-corrected chi connectivity index (χ3v) is 5.99. The predicted molar refractivity (Wildman–Crippen MR) is 103 cm³/mol. The summed E-state index contributed by atoms with van der Waals surface area (Å²) in [4.78, 5) is 0. The van der Waals surface area contributed by atoms with Crippen molar-refractivity contribution in [3.63, 3.8) is 0 Å². The molecular weight excluding hydrogens is 312 g/mol. The first kappa shape index (κ1) is 20.0. The summed E-state index contributed by atoms with van der Waals surface area (Å²) in [5.41, 5.74) is 0.487. The first-order valence-electron chi connectivity index (χ1n) is 9.53. The van der Waals surface area contributed by atoms with Crippen molar-refractivity contribution in [2.24, 2.45) is 11.8 Å². The van der Waals surface area contributed by atoms with Crippen molar-refractivity contribution in [1.82, 2.24) is 0 Å². The molecule has 0 spiro atoms. The Bertz CT molecular complexity index is 609. The topological polar surface area (TPSA) is 60.7 Å². The van der Waals surface area contributed by atoms with Gasteiger partial charge >= 0.3 is 0 Å². The van der Waals surface area contributed by atoms with Gasteiger partial charge in [-0.15, -0.1) is 0 Å². The zero-order valence-corrected chi connectivity index (χ0v) is 16.2. The van der Waals surface area contributed by atoms with E-state index in [-0.39, 0.29) is 11.7 Å². The maximum absolute atomic E-state index is 11.4. The van der Waals surface area contributed by atoms with E-state index in [0.717, 1.165) is 43.3 Å². The van der Waals surface area contributed by atoms with Gasteiger partial charge in [-0.2, -0.15) is 0 Å². The number of rotatable bonds is 6. The van der Waals surface area contributed by atoms with Crippen molar-refractivity contribution in [2.75, 3.05) is 0 Å². The van der Waals surface area contributed by atoms with Crippen molar-refractivity contribution in [2.45, 2.75) is 77.4 Å². The average Bonchev–Trinajstić information content (AvgIpc) is 2.50. The minimum Gasteiger partial charge on any atom is -0.512 e. The van der Waals surface area contributed by atoms with Gasteiger partial charge in [-0.3, -0.25) is 0 Å². The van der Waals surface area contributed by atoms with Crippen LogP contribution in [0.15, 0.2) is 47.3 Å². The van der Waals surface area contributed by atoms with Gasteiger partial charge in [0, 0.05) is 0 Å². The Morgan fingerprint density at radius 3 is 2.56 bits per heavy atom. The molecule has 2 rings (SSSR count). The fourth-order valence-corrected chi connectivity index (χ4v) is 4.07. The van der Waals surface area contributed by atoms with Gasteiger partial charge in [0.25, 0.3) is 0 Å². The normalized spacial score (nSPS) is 35.7. The monoisotopic (exact) mass is 346 g/mol. The minimum atomic E-state index is -1.25. The van der Waals surface area contributed by atoms with Crippen LogP contribution < -0.4 is 0 Å². The molecule has 0 aromatic heterocycles. The van der Waals surface area contributed by atoms with E-state index in [0.29, 0.717) is 12.0 Å². The molecule has 3 N–H and O–H groups in total. The van der Waals surface area contributed by atoms with Crippen molar-refractivity contribution in [3.8, 4) is 0 Å². The molecule has 3 heteroatoms. The summed E-state index contributed by atoms with van der Waals surface area (Å²) in [6.45, 7) is 11.7. The molecule has 0 fully saturated rings. The maximum atomic E-state index is 11.4.